The van der Waals surface area contributed by atoms with Crippen molar-refractivity contribution in [3.05, 3.63) is 29.8 Å². The van der Waals surface area contributed by atoms with E-state index in [0.29, 0.717) is 0 Å². The number of hydrogen-bond acceptors (Lipinski definition) is 1. The second kappa shape index (κ2) is 3.42. The quantitative estimate of drug-likeness (QED) is 0.544. The molecule has 10 heavy (non-hydrogen) atoms. The molecule has 1 nitrogen and oxygen atoms in total. The first-order valence-electron chi connectivity index (χ1n) is 3.26. The van der Waals surface area contributed by atoms with Crippen molar-refractivity contribution in [2.45, 2.75) is 6.92 Å². The summed E-state index contributed by atoms with van der Waals surface area (Å²) in [6, 6.07) is 8.10. The summed E-state index contributed by atoms with van der Waals surface area (Å²) in [4.78, 5) is 0. The van der Waals surface area contributed by atoms with Crippen LogP contribution in [0.15, 0.2) is 24.3 Å². The van der Waals surface area contributed by atoms with E-state index in [4.69, 9.17) is 4.65 Å². The van der Waals surface area contributed by atoms with Crippen molar-refractivity contribution in [2.24, 2.45) is 0 Å². The molecule has 0 bridgehead atoms. The minimum absolute atomic E-state index is 1.14. The van der Waals surface area contributed by atoms with Gasteiger partial charge in [-0.3, -0.25) is 0 Å². The van der Waals surface area contributed by atoms with Crippen LogP contribution in [0.5, 0.6) is 0 Å². The molecule has 0 N–H and O–H groups in total. The molecular weight excluding hydrogens is 123 g/mol. The number of hydrogen-bond donors (Lipinski definition) is 0. The lowest BCUT2D eigenvalue weighted by molar-refractivity contribution is 0.450. The zero-order valence-corrected chi connectivity index (χ0v) is 6.29. The van der Waals surface area contributed by atoms with Crippen LogP contribution in [0.2, 0.25) is 0 Å². The van der Waals surface area contributed by atoms with Gasteiger partial charge in [0.2, 0.25) is 0 Å². The summed E-state index contributed by atoms with van der Waals surface area (Å²) in [6.07, 6.45) is 0. The molecule has 2 heteroatoms. The average molecular weight is 133 g/mol. The maximum absolute atomic E-state index is 4.88. The van der Waals surface area contributed by atoms with Gasteiger partial charge in [0.25, 0.3) is 0 Å². The van der Waals surface area contributed by atoms with Crippen LogP contribution in [0.3, 0.4) is 0 Å². The van der Waals surface area contributed by atoms with Crippen LogP contribution in [-0.4, -0.2) is 14.6 Å². The van der Waals surface area contributed by atoms with Crippen LogP contribution in [0.1, 0.15) is 5.56 Å². The molecule has 0 saturated carbocycles. The summed E-state index contributed by atoms with van der Waals surface area (Å²) in [6.45, 7) is 2.06. The molecule has 0 aliphatic rings. The largest absolute Gasteiger partial charge is 0.437 e. The van der Waals surface area contributed by atoms with Gasteiger partial charge in [-0.15, -0.1) is 0 Å². The molecule has 0 atom stereocenters. The van der Waals surface area contributed by atoms with E-state index < -0.39 is 0 Å². The van der Waals surface area contributed by atoms with E-state index in [0.717, 1.165) is 5.46 Å². The van der Waals surface area contributed by atoms with E-state index in [1.165, 1.54) is 5.56 Å². The normalized spacial score (nSPS) is 9.40. The molecule has 1 aromatic carbocycles. The Morgan fingerprint density at radius 2 is 2.00 bits per heavy atom. The van der Waals surface area contributed by atoms with Crippen molar-refractivity contribution in [1.29, 1.82) is 0 Å². The molecule has 0 spiro atoms. The van der Waals surface area contributed by atoms with E-state index in [-0.39, 0.29) is 0 Å². The lowest BCUT2D eigenvalue weighted by Crippen LogP contribution is -2.18. The first kappa shape index (κ1) is 7.35. The van der Waals surface area contributed by atoms with Gasteiger partial charge in [0, 0.05) is 7.11 Å². The lowest BCUT2D eigenvalue weighted by Gasteiger charge is -1.99. The van der Waals surface area contributed by atoms with Crippen LogP contribution in [0, 0.1) is 6.92 Å². The van der Waals surface area contributed by atoms with Gasteiger partial charge in [-0.25, -0.2) is 0 Å². The van der Waals surface area contributed by atoms with Crippen molar-refractivity contribution in [3.63, 3.8) is 0 Å². The average Bonchev–Trinajstić information content (AvgIpc) is 1.94. The van der Waals surface area contributed by atoms with Gasteiger partial charge in [-0.2, -0.15) is 0 Å². The Bertz CT molecular complexity index is 210. The summed E-state index contributed by atoms with van der Waals surface area (Å²) >= 11 is 0. The third-order valence-electron chi connectivity index (χ3n) is 1.43. The standard InChI is InChI=1S/C8H10BO/c1-7-5-3-4-6-8(7)9-10-2/h3-6H,1-2H3. The molecule has 1 aromatic rings. The van der Waals surface area contributed by atoms with E-state index in [1.54, 1.807) is 14.6 Å². The van der Waals surface area contributed by atoms with Crippen molar-refractivity contribution >= 4 is 12.9 Å². The molecule has 0 aliphatic heterocycles. The smallest absolute Gasteiger partial charge is 0.329 e. The van der Waals surface area contributed by atoms with E-state index >= 15 is 0 Å². The maximum atomic E-state index is 4.88. The van der Waals surface area contributed by atoms with E-state index in [9.17, 15) is 0 Å². The van der Waals surface area contributed by atoms with Gasteiger partial charge in [0.05, 0.1) is 0 Å². The highest BCUT2D eigenvalue weighted by molar-refractivity contribution is 6.47. The van der Waals surface area contributed by atoms with Gasteiger partial charge >= 0.3 is 7.48 Å². The monoisotopic (exact) mass is 133 g/mol. The van der Waals surface area contributed by atoms with Gasteiger partial charge < -0.3 is 4.65 Å². The number of aryl methyl sites for hydroxylation is 1. The van der Waals surface area contributed by atoms with E-state index in [1.807, 2.05) is 18.2 Å². The maximum Gasteiger partial charge on any atom is 0.329 e. The Hall–Kier alpha value is -0.755. The number of benzene rings is 1. The van der Waals surface area contributed by atoms with Crippen LogP contribution >= 0.6 is 0 Å². The molecule has 1 radical (unpaired) electrons. The second-order valence-corrected chi connectivity index (χ2v) is 2.21. The van der Waals surface area contributed by atoms with Crippen molar-refractivity contribution in [2.75, 3.05) is 7.11 Å². The van der Waals surface area contributed by atoms with Gasteiger partial charge in [-0.1, -0.05) is 35.3 Å². The molecule has 0 saturated heterocycles. The molecule has 51 valence electrons. The second-order valence-electron chi connectivity index (χ2n) is 2.21. The first-order valence-corrected chi connectivity index (χ1v) is 3.26. The molecule has 0 heterocycles. The predicted molar refractivity (Wildman–Crippen MR) is 43.6 cm³/mol. The molecule has 0 unspecified atom stereocenters. The minimum atomic E-state index is 1.14. The molecule has 0 amide bonds. The third kappa shape index (κ3) is 1.61. The zero-order chi connectivity index (χ0) is 7.40. The fourth-order valence-electron chi connectivity index (χ4n) is 0.846. The van der Waals surface area contributed by atoms with Crippen molar-refractivity contribution in [3.8, 4) is 0 Å². The molecular formula is C8H10BO. The summed E-state index contributed by atoms with van der Waals surface area (Å²) < 4.78 is 4.88. The Morgan fingerprint density at radius 3 is 2.60 bits per heavy atom. The van der Waals surface area contributed by atoms with Gasteiger partial charge in [0.15, 0.2) is 0 Å². The topological polar surface area (TPSA) is 9.23 Å². The fourth-order valence-corrected chi connectivity index (χ4v) is 0.846. The van der Waals surface area contributed by atoms with Crippen molar-refractivity contribution in [1.82, 2.24) is 0 Å². The zero-order valence-electron chi connectivity index (χ0n) is 6.29. The number of rotatable bonds is 2. The molecule has 0 aliphatic carbocycles. The first-order chi connectivity index (χ1) is 4.84. The molecule has 1 rings (SSSR count). The van der Waals surface area contributed by atoms with Crippen LogP contribution in [0.25, 0.3) is 0 Å². The Balaban J connectivity index is 2.81. The van der Waals surface area contributed by atoms with Crippen LogP contribution < -0.4 is 5.46 Å². The Morgan fingerprint density at radius 1 is 1.30 bits per heavy atom. The summed E-state index contributed by atoms with van der Waals surface area (Å²) in [5.41, 5.74) is 2.38. The van der Waals surface area contributed by atoms with Crippen molar-refractivity contribution < 1.29 is 4.65 Å². The minimum Gasteiger partial charge on any atom is -0.437 e. The van der Waals surface area contributed by atoms with Crippen LogP contribution in [-0.2, 0) is 4.65 Å². The highest BCUT2D eigenvalue weighted by Gasteiger charge is 1.96. The lowest BCUT2D eigenvalue weighted by atomic mass is 9.85. The summed E-state index contributed by atoms with van der Waals surface area (Å²) in [5.74, 6) is 0. The van der Waals surface area contributed by atoms with Gasteiger partial charge in [0.1, 0.15) is 0 Å². The Labute approximate surface area is 62.3 Å². The molecule has 0 fully saturated rings. The summed E-state index contributed by atoms with van der Waals surface area (Å²) in [5, 5.41) is 0. The van der Waals surface area contributed by atoms with Gasteiger partial charge in [-0.05, 0) is 6.92 Å². The highest BCUT2D eigenvalue weighted by Crippen LogP contribution is 1.91. The third-order valence-corrected chi connectivity index (χ3v) is 1.43. The highest BCUT2D eigenvalue weighted by atomic mass is 16.4. The van der Waals surface area contributed by atoms with E-state index in [2.05, 4.69) is 13.0 Å². The van der Waals surface area contributed by atoms with Crippen LogP contribution in [0.4, 0.5) is 0 Å². The molecule has 0 aromatic heterocycles. The fraction of sp³-hybridized carbons (Fsp3) is 0.250. The SMILES string of the molecule is CO[B]c1ccccc1C. The summed E-state index contributed by atoms with van der Waals surface area (Å²) in [7, 11) is 3.40. The predicted octanol–water partition coefficient (Wildman–Crippen LogP) is 0.886. The Kier molecular flexibility index (Phi) is 2.52.